The molecule has 2 nitrogen and oxygen atoms in total. The summed E-state index contributed by atoms with van der Waals surface area (Å²) < 4.78 is 0. The van der Waals surface area contributed by atoms with Crippen LogP contribution in [0.5, 0.6) is 0 Å². The van der Waals surface area contributed by atoms with Gasteiger partial charge in [0.1, 0.15) is 0 Å². The molecule has 0 amide bonds. The van der Waals surface area contributed by atoms with E-state index in [2.05, 4.69) is 43.2 Å². The zero-order chi connectivity index (χ0) is 12.5. The van der Waals surface area contributed by atoms with E-state index in [4.69, 9.17) is 11.6 Å². The zero-order valence-corrected chi connectivity index (χ0v) is 11.6. The minimum atomic E-state index is 0.373. The number of halogens is 1. The second-order valence-corrected chi connectivity index (χ2v) is 5.94. The molecule has 1 saturated heterocycles. The molecule has 0 radical (unpaired) electrons. The van der Waals surface area contributed by atoms with Crippen molar-refractivity contribution >= 4 is 17.3 Å². The fourth-order valence-corrected chi connectivity index (χ4v) is 2.65. The maximum absolute atomic E-state index is 5.92. The first kappa shape index (κ1) is 12.7. The molecule has 1 fully saturated rings. The van der Waals surface area contributed by atoms with Crippen LogP contribution in [0.3, 0.4) is 0 Å². The lowest BCUT2D eigenvalue weighted by Crippen LogP contribution is -2.54. The number of hydrogen-bond acceptors (Lipinski definition) is 2. The van der Waals surface area contributed by atoms with E-state index in [1.807, 2.05) is 12.1 Å². The van der Waals surface area contributed by atoms with Crippen LogP contribution in [0, 0.1) is 5.41 Å². The number of benzene rings is 1. The van der Waals surface area contributed by atoms with Gasteiger partial charge in [-0.05, 0) is 43.1 Å². The summed E-state index contributed by atoms with van der Waals surface area (Å²) in [5.41, 5.74) is 1.64. The molecule has 1 heterocycles. The van der Waals surface area contributed by atoms with Gasteiger partial charge >= 0.3 is 0 Å². The number of nitrogens with zero attached hydrogens (tertiary/aromatic N) is 1. The summed E-state index contributed by atoms with van der Waals surface area (Å²) >= 11 is 5.92. The molecule has 0 saturated carbocycles. The van der Waals surface area contributed by atoms with Crippen molar-refractivity contribution in [2.45, 2.75) is 26.3 Å². The quantitative estimate of drug-likeness (QED) is 0.870. The van der Waals surface area contributed by atoms with E-state index in [1.54, 1.807) is 0 Å². The van der Waals surface area contributed by atoms with E-state index in [9.17, 15) is 0 Å². The number of hydrogen-bond donors (Lipinski definition) is 1. The lowest BCUT2D eigenvalue weighted by Gasteiger charge is -2.44. The minimum absolute atomic E-state index is 0.373. The SMILES string of the molecule is CNC1CN(c2ccc(Cl)cc2)CCC1(C)C. The zero-order valence-electron chi connectivity index (χ0n) is 10.8. The molecule has 0 bridgehead atoms. The molecule has 1 N–H and O–H groups in total. The molecule has 2 rings (SSSR count). The second kappa shape index (κ2) is 4.87. The van der Waals surface area contributed by atoms with Crippen LogP contribution in [0.2, 0.25) is 5.02 Å². The monoisotopic (exact) mass is 252 g/mol. The summed E-state index contributed by atoms with van der Waals surface area (Å²) in [6, 6.07) is 8.67. The summed E-state index contributed by atoms with van der Waals surface area (Å²) in [4.78, 5) is 2.43. The fraction of sp³-hybridized carbons (Fsp3) is 0.571. The van der Waals surface area contributed by atoms with Crippen molar-refractivity contribution in [3.05, 3.63) is 29.3 Å². The molecule has 1 aliphatic rings. The molecule has 3 heteroatoms. The number of likely N-dealkylation sites (N-methyl/N-ethyl adjacent to an activating group) is 1. The molecule has 1 unspecified atom stereocenters. The molecule has 1 aromatic rings. The summed E-state index contributed by atoms with van der Waals surface area (Å²) in [5, 5.41) is 4.24. The lowest BCUT2D eigenvalue weighted by molar-refractivity contribution is 0.208. The third-order valence-corrected chi connectivity index (χ3v) is 4.16. The maximum atomic E-state index is 5.92. The smallest absolute Gasteiger partial charge is 0.0407 e. The van der Waals surface area contributed by atoms with Crippen LogP contribution >= 0.6 is 11.6 Å². The summed E-state index contributed by atoms with van der Waals surface area (Å²) in [6.07, 6.45) is 1.21. The summed E-state index contributed by atoms with van der Waals surface area (Å²) in [6.45, 7) is 6.86. The van der Waals surface area contributed by atoms with Gasteiger partial charge in [-0.1, -0.05) is 25.4 Å². The van der Waals surface area contributed by atoms with E-state index < -0.39 is 0 Å². The Balaban J connectivity index is 2.12. The highest BCUT2D eigenvalue weighted by Crippen LogP contribution is 2.32. The Morgan fingerprint density at radius 2 is 1.94 bits per heavy atom. The van der Waals surface area contributed by atoms with Crippen LogP contribution in [-0.4, -0.2) is 26.2 Å². The Bertz CT molecular complexity index is 372. The average molecular weight is 253 g/mol. The molecule has 1 aromatic carbocycles. The molecular weight excluding hydrogens is 232 g/mol. The average Bonchev–Trinajstić information content (AvgIpc) is 2.30. The fourth-order valence-electron chi connectivity index (χ4n) is 2.52. The van der Waals surface area contributed by atoms with Crippen molar-refractivity contribution in [2.75, 3.05) is 25.0 Å². The van der Waals surface area contributed by atoms with Gasteiger partial charge in [-0.3, -0.25) is 0 Å². The maximum Gasteiger partial charge on any atom is 0.0407 e. The van der Waals surface area contributed by atoms with Crippen molar-refractivity contribution in [3.63, 3.8) is 0 Å². The number of rotatable bonds is 2. The molecular formula is C14H21ClN2. The number of piperidine rings is 1. The van der Waals surface area contributed by atoms with Crippen molar-refractivity contribution in [1.29, 1.82) is 0 Å². The highest BCUT2D eigenvalue weighted by molar-refractivity contribution is 6.30. The first-order valence-electron chi connectivity index (χ1n) is 6.21. The van der Waals surface area contributed by atoms with Gasteiger partial charge in [-0.15, -0.1) is 0 Å². The van der Waals surface area contributed by atoms with Crippen LogP contribution in [0.15, 0.2) is 24.3 Å². The Morgan fingerprint density at radius 3 is 2.53 bits per heavy atom. The highest BCUT2D eigenvalue weighted by Gasteiger charge is 2.34. The first-order valence-corrected chi connectivity index (χ1v) is 6.58. The molecule has 0 aliphatic carbocycles. The van der Waals surface area contributed by atoms with Crippen molar-refractivity contribution in [2.24, 2.45) is 5.41 Å². The van der Waals surface area contributed by atoms with Crippen LogP contribution in [-0.2, 0) is 0 Å². The van der Waals surface area contributed by atoms with E-state index in [1.165, 1.54) is 12.1 Å². The van der Waals surface area contributed by atoms with Gasteiger partial charge in [-0.2, -0.15) is 0 Å². The third-order valence-electron chi connectivity index (χ3n) is 3.91. The van der Waals surface area contributed by atoms with Gasteiger partial charge < -0.3 is 10.2 Å². The van der Waals surface area contributed by atoms with Crippen molar-refractivity contribution < 1.29 is 0 Å². The second-order valence-electron chi connectivity index (χ2n) is 5.50. The Labute approximate surface area is 109 Å². The number of nitrogens with one attached hydrogen (secondary N) is 1. The lowest BCUT2D eigenvalue weighted by atomic mass is 9.78. The van der Waals surface area contributed by atoms with Gasteiger partial charge in [0.25, 0.3) is 0 Å². The molecule has 1 atom stereocenters. The normalized spacial score (nSPS) is 23.8. The summed E-state index contributed by atoms with van der Waals surface area (Å²) in [5.74, 6) is 0. The minimum Gasteiger partial charge on any atom is -0.370 e. The van der Waals surface area contributed by atoms with Gasteiger partial charge in [0.05, 0.1) is 0 Å². The van der Waals surface area contributed by atoms with Gasteiger partial charge in [0.2, 0.25) is 0 Å². The molecule has 17 heavy (non-hydrogen) atoms. The predicted molar refractivity (Wildman–Crippen MR) is 74.9 cm³/mol. The highest BCUT2D eigenvalue weighted by atomic mass is 35.5. The standard InChI is InChI=1S/C14H21ClN2/c1-14(2)8-9-17(10-13(14)16-3)12-6-4-11(15)5-7-12/h4-7,13,16H,8-10H2,1-3H3. The Morgan fingerprint density at radius 1 is 1.29 bits per heavy atom. The Hall–Kier alpha value is -0.730. The Kier molecular flexibility index (Phi) is 3.64. The van der Waals surface area contributed by atoms with E-state index >= 15 is 0 Å². The number of anilines is 1. The predicted octanol–water partition coefficient (Wildman–Crippen LogP) is 3.16. The van der Waals surface area contributed by atoms with Gasteiger partial charge in [0, 0.05) is 29.8 Å². The van der Waals surface area contributed by atoms with Crippen molar-refractivity contribution in [1.82, 2.24) is 5.32 Å². The van der Waals surface area contributed by atoms with E-state index in [0.717, 1.165) is 18.1 Å². The van der Waals surface area contributed by atoms with Crippen LogP contribution in [0.1, 0.15) is 20.3 Å². The van der Waals surface area contributed by atoms with Gasteiger partial charge in [0.15, 0.2) is 0 Å². The molecule has 0 aromatic heterocycles. The summed E-state index contributed by atoms with van der Waals surface area (Å²) in [7, 11) is 2.05. The largest absolute Gasteiger partial charge is 0.370 e. The van der Waals surface area contributed by atoms with Crippen LogP contribution in [0.25, 0.3) is 0 Å². The molecule has 1 aliphatic heterocycles. The van der Waals surface area contributed by atoms with E-state index in [0.29, 0.717) is 11.5 Å². The molecule has 0 spiro atoms. The first-order chi connectivity index (χ1) is 8.03. The molecule has 94 valence electrons. The topological polar surface area (TPSA) is 15.3 Å². The van der Waals surface area contributed by atoms with Crippen LogP contribution < -0.4 is 10.2 Å². The van der Waals surface area contributed by atoms with Gasteiger partial charge in [-0.25, -0.2) is 0 Å². The van der Waals surface area contributed by atoms with Crippen LogP contribution in [0.4, 0.5) is 5.69 Å². The van der Waals surface area contributed by atoms with E-state index in [-0.39, 0.29) is 0 Å². The third kappa shape index (κ3) is 2.75. The van der Waals surface area contributed by atoms with Crippen molar-refractivity contribution in [3.8, 4) is 0 Å².